The van der Waals surface area contributed by atoms with Crippen LogP contribution in [0.25, 0.3) is 0 Å². The van der Waals surface area contributed by atoms with Gasteiger partial charge in [0.2, 0.25) is 0 Å². The summed E-state index contributed by atoms with van der Waals surface area (Å²) in [6.45, 7) is 0. The first-order chi connectivity index (χ1) is 8.71. The van der Waals surface area contributed by atoms with Crippen molar-refractivity contribution < 1.29 is 28.0 Å². The van der Waals surface area contributed by atoms with Crippen LogP contribution in [0.2, 0.25) is 0 Å². The highest BCUT2D eigenvalue weighted by Gasteiger charge is 2.33. The maximum absolute atomic E-state index is 12.4. The Morgan fingerprint density at radius 2 is 2.05 bits per heavy atom. The summed E-state index contributed by atoms with van der Waals surface area (Å²) in [5, 5.41) is 19.1. The van der Waals surface area contributed by atoms with Gasteiger partial charge in [-0.05, 0) is 12.1 Å². The number of nitrogens with zero attached hydrogens (tertiary/aromatic N) is 1. The number of carboxylic acid groups (broad SMARTS) is 1. The average Bonchev–Trinajstić information content (AvgIpc) is 2.27. The maximum atomic E-state index is 12.4. The van der Waals surface area contributed by atoms with Crippen molar-refractivity contribution in [3.05, 3.63) is 33.9 Å². The molecule has 0 radical (unpaired) electrons. The van der Waals surface area contributed by atoms with E-state index in [0.717, 1.165) is 23.9 Å². The predicted octanol–water partition coefficient (Wildman–Crippen LogP) is 3.18. The van der Waals surface area contributed by atoms with Gasteiger partial charge in [0.15, 0.2) is 0 Å². The summed E-state index contributed by atoms with van der Waals surface area (Å²) in [5.74, 6) is -1.04. The fourth-order valence-corrected chi connectivity index (χ4v) is 2.15. The number of carbonyl (C=O) groups is 1. The molecule has 9 heteroatoms. The molecular weight excluding hydrogens is 287 g/mol. The molecule has 0 aliphatic rings. The van der Waals surface area contributed by atoms with E-state index in [4.69, 9.17) is 5.11 Å². The minimum Gasteiger partial charge on any atom is -0.481 e. The molecule has 0 heterocycles. The van der Waals surface area contributed by atoms with Crippen LogP contribution < -0.4 is 0 Å². The van der Waals surface area contributed by atoms with Gasteiger partial charge in [0.1, 0.15) is 0 Å². The first kappa shape index (κ1) is 15.3. The molecule has 0 saturated carbocycles. The first-order valence-electron chi connectivity index (χ1n) is 4.92. The van der Waals surface area contributed by atoms with Crippen molar-refractivity contribution in [3.63, 3.8) is 0 Å². The van der Waals surface area contributed by atoms with E-state index in [1.807, 2.05) is 0 Å². The number of rotatable bonds is 5. The van der Waals surface area contributed by atoms with E-state index in [2.05, 4.69) is 0 Å². The molecular formula is C10H8F3NO4S. The number of aliphatic carboxylic acids is 1. The second-order valence-corrected chi connectivity index (χ2v) is 4.57. The highest BCUT2D eigenvalue weighted by Crippen LogP contribution is 2.36. The molecule has 0 saturated heterocycles. The van der Waals surface area contributed by atoms with E-state index in [-0.39, 0.29) is 17.1 Å². The summed E-state index contributed by atoms with van der Waals surface area (Å²) in [5.41, 5.74) is -1.79. The first-order valence-corrected chi connectivity index (χ1v) is 5.90. The molecule has 0 amide bonds. The zero-order valence-corrected chi connectivity index (χ0v) is 10.1. The van der Waals surface area contributed by atoms with Crippen LogP contribution in [-0.2, 0) is 11.0 Å². The average molecular weight is 295 g/mol. The molecule has 0 bridgehead atoms. The van der Waals surface area contributed by atoms with Crippen LogP contribution in [-0.4, -0.2) is 21.8 Å². The third kappa shape index (κ3) is 4.43. The molecule has 0 unspecified atom stereocenters. The number of hydrogen-bond acceptors (Lipinski definition) is 4. The molecule has 0 fully saturated rings. The Bertz CT molecular complexity index is 504. The Kier molecular flexibility index (Phi) is 4.76. The van der Waals surface area contributed by atoms with Crippen molar-refractivity contribution >= 4 is 23.4 Å². The van der Waals surface area contributed by atoms with Crippen molar-refractivity contribution in [2.75, 3.05) is 5.75 Å². The lowest BCUT2D eigenvalue weighted by Crippen LogP contribution is -2.06. The Hall–Kier alpha value is -1.77. The van der Waals surface area contributed by atoms with E-state index >= 15 is 0 Å². The number of carboxylic acids is 1. The van der Waals surface area contributed by atoms with Crippen LogP contribution in [0.4, 0.5) is 18.9 Å². The number of benzene rings is 1. The van der Waals surface area contributed by atoms with Gasteiger partial charge < -0.3 is 5.11 Å². The van der Waals surface area contributed by atoms with E-state index < -0.39 is 28.3 Å². The van der Waals surface area contributed by atoms with Gasteiger partial charge in [0, 0.05) is 11.8 Å². The molecule has 5 nitrogen and oxygen atoms in total. The summed E-state index contributed by atoms with van der Waals surface area (Å²) in [4.78, 5) is 20.1. The summed E-state index contributed by atoms with van der Waals surface area (Å²) >= 11 is 0.833. The molecule has 1 aromatic carbocycles. The van der Waals surface area contributed by atoms with Gasteiger partial charge in [0.05, 0.1) is 21.8 Å². The second-order valence-electron chi connectivity index (χ2n) is 3.43. The largest absolute Gasteiger partial charge is 0.481 e. The highest BCUT2D eigenvalue weighted by molar-refractivity contribution is 7.99. The number of nitro groups is 1. The van der Waals surface area contributed by atoms with Crippen LogP contribution in [0.3, 0.4) is 0 Å². The van der Waals surface area contributed by atoms with Crippen molar-refractivity contribution in [2.45, 2.75) is 17.5 Å². The smallest absolute Gasteiger partial charge is 0.416 e. The van der Waals surface area contributed by atoms with Crippen molar-refractivity contribution in [3.8, 4) is 0 Å². The molecule has 1 rings (SSSR count). The van der Waals surface area contributed by atoms with Crippen molar-refractivity contribution in [1.82, 2.24) is 0 Å². The lowest BCUT2D eigenvalue weighted by atomic mass is 10.2. The number of thioether (sulfide) groups is 1. The minimum absolute atomic E-state index is 0.0132. The number of nitro benzene ring substituents is 1. The van der Waals surface area contributed by atoms with Gasteiger partial charge in [-0.15, -0.1) is 11.8 Å². The second kappa shape index (κ2) is 5.91. The van der Waals surface area contributed by atoms with Gasteiger partial charge >= 0.3 is 12.1 Å². The zero-order chi connectivity index (χ0) is 14.6. The monoisotopic (exact) mass is 295 g/mol. The Balaban J connectivity index is 2.99. The van der Waals surface area contributed by atoms with Crippen LogP contribution in [0.5, 0.6) is 0 Å². The van der Waals surface area contributed by atoms with Gasteiger partial charge in [-0.2, -0.15) is 13.2 Å². The molecule has 0 atom stereocenters. The van der Waals surface area contributed by atoms with Gasteiger partial charge in [-0.1, -0.05) is 0 Å². The number of hydrogen-bond donors (Lipinski definition) is 1. The van der Waals surface area contributed by atoms with Crippen molar-refractivity contribution in [1.29, 1.82) is 0 Å². The summed E-state index contributed by atoms with van der Waals surface area (Å²) in [6, 6.07) is 2.16. The summed E-state index contributed by atoms with van der Waals surface area (Å²) in [7, 11) is 0. The van der Waals surface area contributed by atoms with Gasteiger partial charge in [-0.3, -0.25) is 14.9 Å². The Morgan fingerprint density at radius 1 is 1.42 bits per heavy atom. The molecule has 19 heavy (non-hydrogen) atoms. The van der Waals surface area contributed by atoms with Crippen LogP contribution in [0, 0.1) is 10.1 Å². The zero-order valence-electron chi connectivity index (χ0n) is 9.31. The molecule has 0 aromatic heterocycles. The SMILES string of the molecule is O=C(O)CCSc1ccc(C(F)(F)F)cc1[N+](=O)[O-]. The van der Waals surface area contributed by atoms with Crippen molar-refractivity contribution in [2.24, 2.45) is 0 Å². The Labute approximate surface area is 109 Å². The molecule has 1 N–H and O–H groups in total. The van der Waals surface area contributed by atoms with Gasteiger partial charge in [0.25, 0.3) is 5.69 Å². The topological polar surface area (TPSA) is 80.4 Å². The fourth-order valence-electron chi connectivity index (χ4n) is 1.21. The highest BCUT2D eigenvalue weighted by atomic mass is 32.2. The number of alkyl halides is 3. The molecule has 104 valence electrons. The van der Waals surface area contributed by atoms with Gasteiger partial charge in [-0.25, -0.2) is 0 Å². The fraction of sp³-hybridized carbons (Fsp3) is 0.300. The number of halogens is 3. The molecule has 0 aliphatic heterocycles. The third-order valence-electron chi connectivity index (χ3n) is 2.06. The lowest BCUT2D eigenvalue weighted by molar-refractivity contribution is -0.388. The standard InChI is InChI=1S/C10H8F3NO4S/c11-10(12,13)6-1-2-8(7(5-6)14(17)18)19-4-3-9(15)16/h1-2,5H,3-4H2,(H,15,16). The molecule has 0 spiro atoms. The van der Waals surface area contributed by atoms with Crippen LogP contribution in [0.1, 0.15) is 12.0 Å². The normalized spacial score (nSPS) is 11.3. The quantitative estimate of drug-likeness (QED) is 0.512. The Morgan fingerprint density at radius 3 is 2.53 bits per heavy atom. The minimum atomic E-state index is -4.66. The molecule has 0 aliphatic carbocycles. The van der Waals surface area contributed by atoms with E-state index in [1.165, 1.54) is 0 Å². The van der Waals surface area contributed by atoms with Crippen LogP contribution >= 0.6 is 11.8 Å². The predicted molar refractivity (Wildman–Crippen MR) is 61.1 cm³/mol. The summed E-state index contributed by atoms with van der Waals surface area (Å²) < 4.78 is 37.2. The van der Waals surface area contributed by atoms with E-state index in [0.29, 0.717) is 6.07 Å². The lowest BCUT2D eigenvalue weighted by Gasteiger charge is -2.08. The van der Waals surface area contributed by atoms with Crippen LogP contribution in [0.15, 0.2) is 23.1 Å². The molecule has 1 aromatic rings. The third-order valence-corrected chi connectivity index (χ3v) is 3.12. The van der Waals surface area contributed by atoms with E-state index in [9.17, 15) is 28.1 Å². The maximum Gasteiger partial charge on any atom is 0.416 e. The summed E-state index contributed by atoms with van der Waals surface area (Å²) in [6.07, 6.45) is -4.89. The van der Waals surface area contributed by atoms with E-state index in [1.54, 1.807) is 0 Å².